The highest BCUT2D eigenvalue weighted by atomic mass is 32.2. The molecule has 4 heterocycles. The lowest BCUT2D eigenvalue weighted by Gasteiger charge is -2.48. The number of aromatic hydroxyl groups is 1. The number of phenols is 1. The number of benzene rings is 1. The van der Waals surface area contributed by atoms with Crippen LogP contribution >= 0.6 is 11.8 Å². The number of fused-ring (bicyclic) bond motifs is 2. The van der Waals surface area contributed by atoms with E-state index in [1.165, 1.54) is 18.3 Å². The molecular weight excluding hydrogens is 494 g/mol. The van der Waals surface area contributed by atoms with Crippen molar-refractivity contribution in [3.63, 3.8) is 0 Å². The molecule has 10 heteroatoms. The van der Waals surface area contributed by atoms with Crippen molar-refractivity contribution >= 4 is 17.7 Å². The molecule has 0 amide bonds. The number of nitrogens with one attached hydrogen (secondary N) is 1. The Balaban J connectivity index is 1.26. The number of halogens is 2. The summed E-state index contributed by atoms with van der Waals surface area (Å²) in [6, 6.07) is 5.73. The third-order valence-electron chi connectivity index (χ3n) is 7.99. The van der Waals surface area contributed by atoms with Crippen LogP contribution in [-0.2, 0) is 0 Å². The van der Waals surface area contributed by atoms with Crippen LogP contribution in [0.4, 0.5) is 14.7 Å². The number of pyridine rings is 1. The summed E-state index contributed by atoms with van der Waals surface area (Å²) >= 11 is 0.548. The SMILES string of the molecule is [2H]C([2H])([2H])Sc1cc(-c2ccc(-c3cnc(N(C4CC4)[C@H]4C[C@]5(C)CC[C@@](C)(N5)[C@H]4F)nn3)c(O)c2)c(F)cn1. The number of thioether (sulfide) groups is 1. The average Bonchev–Trinajstić information content (AvgIpc) is 3.68. The Labute approximate surface area is 223 Å². The van der Waals surface area contributed by atoms with Crippen LogP contribution in [0.25, 0.3) is 22.4 Å². The van der Waals surface area contributed by atoms with Crippen LogP contribution < -0.4 is 10.2 Å². The maximum absolute atomic E-state index is 15.9. The monoisotopic (exact) mass is 527 g/mol. The molecular formula is C27H30F2N6OS. The molecule has 3 aromatic rings. The molecule has 2 saturated heterocycles. The molecule has 3 aliphatic rings. The number of hydrogen-bond acceptors (Lipinski definition) is 8. The first-order chi connectivity index (χ1) is 18.8. The number of rotatable bonds is 6. The Hall–Kier alpha value is -2.85. The van der Waals surface area contributed by atoms with E-state index in [1.54, 1.807) is 12.1 Å². The molecule has 0 unspecified atom stereocenters. The Morgan fingerprint density at radius 2 is 1.97 bits per heavy atom. The highest BCUT2D eigenvalue weighted by Crippen LogP contribution is 2.47. The fourth-order valence-electron chi connectivity index (χ4n) is 6.00. The molecule has 37 heavy (non-hydrogen) atoms. The third-order valence-corrected chi connectivity index (χ3v) is 8.42. The fourth-order valence-corrected chi connectivity index (χ4v) is 6.28. The molecule has 0 radical (unpaired) electrons. The van der Waals surface area contributed by atoms with Crippen LogP contribution in [0, 0.1) is 5.82 Å². The molecule has 194 valence electrons. The second kappa shape index (κ2) is 8.87. The van der Waals surface area contributed by atoms with Crippen LogP contribution in [0.2, 0.25) is 0 Å². The van der Waals surface area contributed by atoms with Gasteiger partial charge in [0.2, 0.25) is 5.95 Å². The maximum Gasteiger partial charge on any atom is 0.245 e. The highest BCUT2D eigenvalue weighted by molar-refractivity contribution is 7.98. The van der Waals surface area contributed by atoms with Crippen molar-refractivity contribution in [2.24, 2.45) is 0 Å². The van der Waals surface area contributed by atoms with Crippen molar-refractivity contribution in [3.8, 4) is 28.1 Å². The Kier molecular flexibility index (Phi) is 5.06. The van der Waals surface area contributed by atoms with Crippen LogP contribution in [0.3, 0.4) is 0 Å². The molecule has 1 aliphatic carbocycles. The van der Waals surface area contributed by atoms with Gasteiger partial charge in [-0.3, -0.25) is 0 Å². The van der Waals surface area contributed by atoms with Gasteiger partial charge in [0, 0.05) is 32.4 Å². The molecule has 1 saturated carbocycles. The van der Waals surface area contributed by atoms with Gasteiger partial charge in [0.25, 0.3) is 0 Å². The lowest BCUT2D eigenvalue weighted by atomic mass is 9.82. The number of phenolic OH excluding ortho intramolecular Hbond substituents is 1. The molecule has 2 bridgehead atoms. The number of alkyl halides is 1. The lowest BCUT2D eigenvalue weighted by molar-refractivity contribution is 0.0828. The largest absolute Gasteiger partial charge is 0.507 e. The minimum atomic E-state index is -2.32. The van der Waals surface area contributed by atoms with Gasteiger partial charge in [0.15, 0.2) is 0 Å². The summed E-state index contributed by atoms with van der Waals surface area (Å²) in [6.07, 6.45) is 3.36. The first-order valence-corrected chi connectivity index (χ1v) is 13.3. The van der Waals surface area contributed by atoms with Crippen molar-refractivity contribution in [1.82, 2.24) is 25.5 Å². The number of anilines is 1. The van der Waals surface area contributed by atoms with E-state index in [9.17, 15) is 9.50 Å². The van der Waals surface area contributed by atoms with Crippen LogP contribution in [0.15, 0.2) is 41.7 Å². The Morgan fingerprint density at radius 1 is 1.14 bits per heavy atom. The van der Waals surface area contributed by atoms with Crippen molar-refractivity contribution in [3.05, 3.63) is 42.5 Å². The highest BCUT2D eigenvalue weighted by Gasteiger charge is 2.58. The molecule has 3 fully saturated rings. The molecule has 2 aliphatic heterocycles. The van der Waals surface area contributed by atoms with E-state index in [4.69, 9.17) is 4.11 Å². The summed E-state index contributed by atoms with van der Waals surface area (Å²) < 4.78 is 52.6. The predicted octanol–water partition coefficient (Wildman–Crippen LogP) is 5.15. The van der Waals surface area contributed by atoms with Gasteiger partial charge in [0.05, 0.1) is 23.5 Å². The second-order valence-electron chi connectivity index (χ2n) is 10.9. The molecule has 0 spiro atoms. The standard InChI is InChI=1S/C27H30F2N6OS/c1-26-8-9-27(2,34-26)24(29)21(12-26)35(16-5-6-16)25-31-14-20(32-33-25)17-7-4-15(10-22(17)36)18-11-23(37-3)30-13-19(18)28/h4,7,10-11,13-14,16,21,24,34,36H,5-6,8-9,12H2,1-3H3/t21-,24-,26-,27+/m0/s1/i3D3. The minimum absolute atomic E-state index is 0.113. The fraction of sp³-hybridized carbons (Fsp3) is 0.481. The van der Waals surface area contributed by atoms with E-state index in [2.05, 4.69) is 32.4 Å². The third kappa shape index (κ3) is 4.33. The minimum Gasteiger partial charge on any atom is -0.507 e. The van der Waals surface area contributed by atoms with Gasteiger partial charge in [-0.15, -0.1) is 22.0 Å². The van der Waals surface area contributed by atoms with Crippen LogP contribution in [-0.4, -0.2) is 60.8 Å². The van der Waals surface area contributed by atoms with E-state index in [0.29, 0.717) is 41.0 Å². The smallest absolute Gasteiger partial charge is 0.245 e. The van der Waals surface area contributed by atoms with E-state index < -0.39 is 23.7 Å². The number of nitrogens with zero attached hydrogens (tertiary/aromatic N) is 5. The van der Waals surface area contributed by atoms with Crippen molar-refractivity contribution in [2.75, 3.05) is 11.1 Å². The summed E-state index contributed by atoms with van der Waals surface area (Å²) in [4.78, 5) is 10.4. The van der Waals surface area contributed by atoms with Crippen molar-refractivity contribution in [1.29, 1.82) is 0 Å². The van der Waals surface area contributed by atoms with Crippen molar-refractivity contribution < 1.29 is 18.0 Å². The predicted molar refractivity (Wildman–Crippen MR) is 140 cm³/mol. The van der Waals surface area contributed by atoms with E-state index in [-0.39, 0.29) is 34.0 Å². The normalized spacial score (nSPS) is 30.4. The first kappa shape index (κ1) is 21.1. The quantitative estimate of drug-likeness (QED) is 0.426. The number of hydrogen-bond donors (Lipinski definition) is 2. The molecule has 6 rings (SSSR count). The molecule has 2 aromatic heterocycles. The van der Waals surface area contributed by atoms with Crippen molar-refractivity contribution in [2.45, 2.75) is 80.3 Å². The lowest BCUT2D eigenvalue weighted by Crippen LogP contribution is -2.66. The first-order valence-electron chi connectivity index (χ1n) is 13.9. The molecule has 1 aromatic carbocycles. The van der Waals surface area contributed by atoms with Gasteiger partial charge in [-0.25, -0.2) is 18.7 Å². The number of aromatic nitrogens is 4. The zero-order valence-electron chi connectivity index (χ0n) is 23.6. The summed E-state index contributed by atoms with van der Waals surface area (Å²) in [5, 5.41) is 23.1. The van der Waals surface area contributed by atoms with Crippen LogP contribution in [0.1, 0.15) is 50.1 Å². The summed E-state index contributed by atoms with van der Waals surface area (Å²) in [6.45, 7) is 4.11. The van der Waals surface area contributed by atoms with Gasteiger partial charge < -0.3 is 15.3 Å². The van der Waals surface area contributed by atoms with Crippen LogP contribution in [0.5, 0.6) is 5.75 Å². The Morgan fingerprint density at radius 3 is 2.68 bits per heavy atom. The number of piperidine rings is 1. The van der Waals surface area contributed by atoms with E-state index >= 15 is 4.39 Å². The summed E-state index contributed by atoms with van der Waals surface area (Å²) in [5.74, 6) is -0.434. The van der Waals surface area contributed by atoms with Gasteiger partial charge in [-0.1, -0.05) is 6.07 Å². The molecule has 4 atom stereocenters. The second-order valence-corrected chi connectivity index (χ2v) is 11.5. The van der Waals surface area contributed by atoms with E-state index in [1.807, 2.05) is 11.8 Å². The average molecular weight is 528 g/mol. The summed E-state index contributed by atoms with van der Waals surface area (Å²) in [5.41, 5.74) is 0.425. The van der Waals surface area contributed by atoms with Gasteiger partial charge in [-0.05, 0) is 75.9 Å². The van der Waals surface area contributed by atoms with Gasteiger partial charge in [-0.2, -0.15) is 0 Å². The van der Waals surface area contributed by atoms with Gasteiger partial charge >= 0.3 is 0 Å². The molecule has 2 N–H and O–H groups in total. The van der Waals surface area contributed by atoms with E-state index in [0.717, 1.165) is 31.9 Å². The van der Waals surface area contributed by atoms with Gasteiger partial charge in [0.1, 0.15) is 23.4 Å². The zero-order valence-corrected chi connectivity index (χ0v) is 21.4. The topological polar surface area (TPSA) is 87.1 Å². The maximum atomic E-state index is 15.9. The Bertz CT molecular complexity index is 1440. The molecule has 7 nitrogen and oxygen atoms in total. The zero-order chi connectivity index (χ0) is 28.4. The summed E-state index contributed by atoms with van der Waals surface area (Å²) in [7, 11) is 0.